The van der Waals surface area contributed by atoms with Gasteiger partial charge < -0.3 is 9.84 Å². The summed E-state index contributed by atoms with van der Waals surface area (Å²) in [5.41, 5.74) is 0. The smallest absolute Gasteiger partial charge is 0.321 e. The van der Waals surface area contributed by atoms with Gasteiger partial charge in [-0.25, -0.2) is 8.42 Å². The highest BCUT2D eigenvalue weighted by Gasteiger charge is 2.29. The highest BCUT2D eigenvalue weighted by atomic mass is 32.2. The largest absolute Gasteiger partial charge is 0.497 e. The van der Waals surface area contributed by atoms with Crippen LogP contribution in [0.3, 0.4) is 0 Å². The van der Waals surface area contributed by atoms with Crippen LogP contribution in [0.4, 0.5) is 0 Å². The van der Waals surface area contributed by atoms with Crippen LogP contribution >= 0.6 is 0 Å². The average Bonchev–Trinajstić information content (AvgIpc) is 2.28. The van der Waals surface area contributed by atoms with Crippen molar-refractivity contribution in [2.75, 3.05) is 7.11 Å². The molecular formula is C10H12O5S. The summed E-state index contributed by atoms with van der Waals surface area (Å²) in [5.74, 6) is -0.849. The van der Waals surface area contributed by atoms with Crippen molar-refractivity contribution in [1.29, 1.82) is 0 Å². The molecule has 0 aliphatic heterocycles. The number of ether oxygens (including phenoxy) is 1. The van der Waals surface area contributed by atoms with E-state index in [1.54, 1.807) is 0 Å². The molecule has 0 saturated carbocycles. The third-order valence-corrected chi connectivity index (χ3v) is 4.26. The summed E-state index contributed by atoms with van der Waals surface area (Å²) < 4.78 is 28.4. The highest BCUT2D eigenvalue weighted by Crippen LogP contribution is 2.19. The molecule has 1 rings (SSSR count). The first-order valence-corrected chi connectivity index (χ1v) is 6.05. The average molecular weight is 244 g/mol. The predicted octanol–water partition coefficient (Wildman–Crippen LogP) is 0.942. The fourth-order valence-electron chi connectivity index (χ4n) is 1.10. The van der Waals surface area contributed by atoms with Crippen LogP contribution in [-0.2, 0) is 14.6 Å². The zero-order valence-electron chi connectivity index (χ0n) is 8.88. The van der Waals surface area contributed by atoms with Gasteiger partial charge in [-0.05, 0) is 31.2 Å². The first-order chi connectivity index (χ1) is 7.39. The molecule has 0 fully saturated rings. The molecule has 1 atom stereocenters. The van der Waals surface area contributed by atoms with Crippen LogP contribution in [0.25, 0.3) is 0 Å². The molecule has 0 saturated heterocycles. The Kier molecular flexibility index (Phi) is 3.54. The number of hydrogen-bond donors (Lipinski definition) is 1. The molecule has 0 heterocycles. The number of carbonyl (C=O) groups is 1. The Labute approximate surface area is 93.6 Å². The first kappa shape index (κ1) is 12.5. The summed E-state index contributed by atoms with van der Waals surface area (Å²) in [6.07, 6.45) is 0. The molecule has 0 spiro atoms. The standard InChI is InChI=1S/C10H12O5S/c1-7(10(11)12)16(13,14)9-5-3-8(15-2)4-6-9/h3-7H,1-2H3,(H,11,12). The molecule has 0 aliphatic carbocycles. The fraction of sp³-hybridized carbons (Fsp3) is 0.300. The van der Waals surface area contributed by atoms with E-state index in [4.69, 9.17) is 9.84 Å². The quantitative estimate of drug-likeness (QED) is 0.852. The molecule has 5 nitrogen and oxygen atoms in total. The Morgan fingerprint density at radius 3 is 2.19 bits per heavy atom. The SMILES string of the molecule is COc1ccc(S(=O)(=O)C(C)C(=O)O)cc1. The van der Waals surface area contributed by atoms with Gasteiger partial charge in [0.15, 0.2) is 15.1 Å². The lowest BCUT2D eigenvalue weighted by Crippen LogP contribution is -2.26. The lowest BCUT2D eigenvalue weighted by atomic mass is 10.3. The minimum atomic E-state index is -3.82. The Morgan fingerprint density at radius 2 is 1.81 bits per heavy atom. The van der Waals surface area contributed by atoms with E-state index in [2.05, 4.69) is 0 Å². The molecule has 16 heavy (non-hydrogen) atoms. The van der Waals surface area contributed by atoms with Crippen LogP contribution in [-0.4, -0.2) is 31.9 Å². The Balaban J connectivity index is 3.13. The molecule has 0 amide bonds. The van der Waals surface area contributed by atoms with Crippen molar-refractivity contribution in [3.8, 4) is 5.75 Å². The number of sulfone groups is 1. The monoisotopic (exact) mass is 244 g/mol. The number of carboxylic acids is 1. The lowest BCUT2D eigenvalue weighted by Gasteiger charge is -2.08. The van der Waals surface area contributed by atoms with Gasteiger partial charge in [-0.15, -0.1) is 0 Å². The van der Waals surface area contributed by atoms with Crippen LogP contribution in [0, 0.1) is 0 Å². The van der Waals surface area contributed by atoms with Crippen LogP contribution in [0.5, 0.6) is 5.75 Å². The fourth-order valence-corrected chi connectivity index (χ4v) is 2.29. The van der Waals surface area contributed by atoms with E-state index in [0.717, 1.165) is 6.92 Å². The van der Waals surface area contributed by atoms with Gasteiger partial charge in [0.1, 0.15) is 5.75 Å². The molecule has 1 aromatic carbocycles. The highest BCUT2D eigenvalue weighted by molar-refractivity contribution is 7.92. The molecule has 1 aromatic rings. The summed E-state index contributed by atoms with van der Waals surface area (Å²) in [4.78, 5) is 10.6. The number of carboxylic acid groups (broad SMARTS) is 1. The van der Waals surface area contributed by atoms with Gasteiger partial charge in [0.05, 0.1) is 12.0 Å². The third kappa shape index (κ3) is 2.33. The first-order valence-electron chi connectivity index (χ1n) is 4.50. The Bertz CT molecular complexity index is 474. The molecule has 1 N–H and O–H groups in total. The maximum absolute atomic E-state index is 11.8. The molecule has 0 aromatic heterocycles. The number of rotatable bonds is 4. The van der Waals surface area contributed by atoms with Gasteiger partial charge in [0, 0.05) is 0 Å². The summed E-state index contributed by atoms with van der Waals surface area (Å²) in [6.45, 7) is 1.14. The van der Waals surface area contributed by atoms with E-state index in [0.29, 0.717) is 5.75 Å². The second kappa shape index (κ2) is 4.52. The van der Waals surface area contributed by atoms with E-state index < -0.39 is 21.1 Å². The summed E-state index contributed by atoms with van der Waals surface area (Å²) >= 11 is 0. The van der Waals surface area contributed by atoms with Crippen molar-refractivity contribution in [2.45, 2.75) is 17.1 Å². The number of benzene rings is 1. The van der Waals surface area contributed by atoms with Gasteiger partial charge in [-0.1, -0.05) is 0 Å². The zero-order chi connectivity index (χ0) is 12.3. The molecule has 0 bridgehead atoms. The second-order valence-electron chi connectivity index (χ2n) is 3.20. The van der Waals surface area contributed by atoms with Crippen LogP contribution in [0.2, 0.25) is 0 Å². The van der Waals surface area contributed by atoms with Crippen LogP contribution in [0.1, 0.15) is 6.92 Å². The number of hydrogen-bond acceptors (Lipinski definition) is 4. The molecular weight excluding hydrogens is 232 g/mol. The zero-order valence-corrected chi connectivity index (χ0v) is 9.69. The third-order valence-electron chi connectivity index (χ3n) is 2.20. The molecule has 0 aliphatic rings. The van der Waals surface area contributed by atoms with Crippen molar-refractivity contribution >= 4 is 15.8 Å². The van der Waals surface area contributed by atoms with E-state index in [1.165, 1.54) is 31.4 Å². The summed E-state index contributed by atoms with van der Waals surface area (Å²) in [6, 6.07) is 5.60. The van der Waals surface area contributed by atoms with E-state index in [1.807, 2.05) is 0 Å². The second-order valence-corrected chi connectivity index (χ2v) is 5.47. The van der Waals surface area contributed by atoms with Gasteiger partial charge in [0.25, 0.3) is 0 Å². The van der Waals surface area contributed by atoms with Crippen molar-refractivity contribution < 1.29 is 23.1 Å². The van der Waals surface area contributed by atoms with Crippen LogP contribution in [0.15, 0.2) is 29.2 Å². The van der Waals surface area contributed by atoms with E-state index >= 15 is 0 Å². The summed E-state index contributed by atoms with van der Waals surface area (Å²) in [7, 11) is -2.36. The maximum Gasteiger partial charge on any atom is 0.321 e. The van der Waals surface area contributed by atoms with E-state index in [-0.39, 0.29) is 4.90 Å². The van der Waals surface area contributed by atoms with Gasteiger partial charge in [0.2, 0.25) is 0 Å². The minimum Gasteiger partial charge on any atom is -0.497 e. The van der Waals surface area contributed by atoms with Gasteiger partial charge in [-0.2, -0.15) is 0 Å². The van der Waals surface area contributed by atoms with Gasteiger partial charge in [-0.3, -0.25) is 4.79 Å². The Morgan fingerprint density at radius 1 is 1.31 bits per heavy atom. The number of methoxy groups -OCH3 is 1. The van der Waals surface area contributed by atoms with Crippen molar-refractivity contribution in [2.24, 2.45) is 0 Å². The maximum atomic E-state index is 11.8. The molecule has 88 valence electrons. The van der Waals surface area contributed by atoms with Crippen LogP contribution < -0.4 is 4.74 Å². The van der Waals surface area contributed by atoms with Gasteiger partial charge >= 0.3 is 5.97 Å². The lowest BCUT2D eigenvalue weighted by molar-refractivity contribution is -0.136. The predicted molar refractivity (Wildman–Crippen MR) is 57.3 cm³/mol. The number of aliphatic carboxylic acids is 1. The Hall–Kier alpha value is -1.56. The van der Waals surface area contributed by atoms with Crippen molar-refractivity contribution in [3.63, 3.8) is 0 Å². The van der Waals surface area contributed by atoms with E-state index in [9.17, 15) is 13.2 Å². The minimum absolute atomic E-state index is 0.0248. The molecule has 6 heteroatoms. The topological polar surface area (TPSA) is 80.7 Å². The normalized spacial score (nSPS) is 13.1. The molecule has 0 radical (unpaired) electrons. The molecule has 1 unspecified atom stereocenters. The van der Waals surface area contributed by atoms with Crippen molar-refractivity contribution in [1.82, 2.24) is 0 Å². The van der Waals surface area contributed by atoms with Crippen molar-refractivity contribution in [3.05, 3.63) is 24.3 Å². The summed E-state index contributed by atoms with van der Waals surface area (Å²) in [5, 5.41) is 7.22.